The minimum absolute atomic E-state index is 0.0625. The number of Topliss-reactive ketones (excluding diaryl/α,β-unsaturated/α-hetero) is 1. The van der Waals surface area contributed by atoms with Crippen LogP contribution in [0, 0.1) is 0 Å². The van der Waals surface area contributed by atoms with Gasteiger partial charge in [-0.3, -0.25) is 4.79 Å². The third kappa shape index (κ3) is 2.96. The molecule has 0 aliphatic heterocycles. The van der Waals surface area contributed by atoms with E-state index in [1.807, 2.05) is 24.6 Å². The second kappa shape index (κ2) is 4.91. The van der Waals surface area contributed by atoms with Crippen LogP contribution in [0.5, 0.6) is 0 Å². The van der Waals surface area contributed by atoms with Gasteiger partial charge in [0, 0.05) is 31.4 Å². The van der Waals surface area contributed by atoms with Crippen molar-refractivity contribution in [2.45, 2.75) is 39.3 Å². The first-order valence-electron chi connectivity index (χ1n) is 4.90. The molecule has 0 amide bonds. The van der Waals surface area contributed by atoms with Crippen LogP contribution < -0.4 is 5.73 Å². The van der Waals surface area contributed by atoms with Gasteiger partial charge in [0.15, 0.2) is 0 Å². The van der Waals surface area contributed by atoms with Gasteiger partial charge < -0.3 is 10.3 Å². The zero-order valence-corrected chi connectivity index (χ0v) is 8.73. The fraction of sp³-hybridized carbons (Fsp3) is 0.600. The van der Waals surface area contributed by atoms with Crippen molar-refractivity contribution in [3.63, 3.8) is 0 Å². The Morgan fingerprint density at radius 3 is 3.00 bits per heavy atom. The standard InChI is InChI=1S/C10H17N3O/c1-3-13-5-4-12-10(13)7-9(14)6-8(2)11/h4-5,8H,3,6-7,11H2,1-2H3. The van der Waals surface area contributed by atoms with Gasteiger partial charge in [-0.05, 0) is 13.8 Å². The first-order chi connectivity index (χ1) is 6.63. The molecule has 0 saturated carbocycles. The Bertz CT molecular complexity index is 304. The third-order valence-corrected chi connectivity index (χ3v) is 2.05. The summed E-state index contributed by atoms with van der Waals surface area (Å²) in [7, 11) is 0. The van der Waals surface area contributed by atoms with Gasteiger partial charge in [0.1, 0.15) is 11.6 Å². The minimum atomic E-state index is -0.0625. The Morgan fingerprint density at radius 1 is 1.71 bits per heavy atom. The molecule has 1 unspecified atom stereocenters. The van der Waals surface area contributed by atoms with Gasteiger partial charge in [0.2, 0.25) is 0 Å². The van der Waals surface area contributed by atoms with Crippen LogP contribution >= 0.6 is 0 Å². The smallest absolute Gasteiger partial charge is 0.141 e. The molecule has 0 saturated heterocycles. The van der Waals surface area contributed by atoms with Crippen LogP contribution in [0.3, 0.4) is 0 Å². The van der Waals surface area contributed by atoms with E-state index in [-0.39, 0.29) is 11.8 Å². The van der Waals surface area contributed by atoms with Gasteiger partial charge in [0.05, 0.1) is 6.42 Å². The quantitative estimate of drug-likeness (QED) is 0.754. The summed E-state index contributed by atoms with van der Waals surface area (Å²) in [5.74, 6) is 0.985. The number of aryl methyl sites for hydroxylation is 1. The lowest BCUT2D eigenvalue weighted by molar-refractivity contribution is -0.118. The van der Waals surface area contributed by atoms with Crippen molar-refractivity contribution in [2.75, 3.05) is 0 Å². The van der Waals surface area contributed by atoms with Gasteiger partial charge in [0.25, 0.3) is 0 Å². The van der Waals surface area contributed by atoms with Crippen LogP contribution in [0.1, 0.15) is 26.1 Å². The van der Waals surface area contributed by atoms with Gasteiger partial charge in [-0.15, -0.1) is 0 Å². The molecule has 4 heteroatoms. The summed E-state index contributed by atoms with van der Waals surface area (Å²) < 4.78 is 1.97. The summed E-state index contributed by atoms with van der Waals surface area (Å²) in [6, 6.07) is -0.0625. The predicted octanol–water partition coefficient (Wildman–Crippen LogP) is 0.752. The Morgan fingerprint density at radius 2 is 2.43 bits per heavy atom. The molecule has 1 aromatic heterocycles. The Kier molecular flexibility index (Phi) is 3.83. The second-order valence-electron chi connectivity index (χ2n) is 3.53. The third-order valence-electron chi connectivity index (χ3n) is 2.05. The number of hydrogen-bond donors (Lipinski definition) is 1. The average molecular weight is 195 g/mol. The number of nitrogens with zero attached hydrogens (tertiary/aromatic N) is 2. The van der Waals surface area contributed by atoms with E-state index in [0.29, 0.717) is 12.8 Å². The van der Waals surface area contributed by atoms with Crippen LogP contribution in [0.2, 0.25) is 0 Å². The van der Waals surface area contributed by atoms with Crippen molar-refractivity contribution in [1.82, 2.24) is 9.55 Å². The van der Waals surface area contributed by atoms with Crippen LogP contribution in [0.15, 0.2) is 12.4 Å². The number of ketones is 1. The highest BCUT2D eigenvalue weighted by Crippen LogP contribution is 2.01. The molecule has 0 aliphatic carbocycles. The number of carbonyl (C=O) groups is 1. The molecule has 78 valence electrons. The topological polar surface area (TPSA) is 60.9 Å². The number of aromatic nitrogens is 2. The summed E-state index contributed by atoms with van der Waals surface area (Å²) >= 11 is 0. The molecule has 0 aliphatic rings. The van der Waals surface area contributed by atoms with Crippen molar-refractivity contribution in [1.29, 1.82) is 0 Å². The SMILES string of the molecule is CCn1ccnc1CC(=O)CC(C)N. The van der Waals surface area contributed by atoms with E-state index in [9.17, 15) is 4.79 Å². The Labute approximate surface area is 84.1 Å². The number of imidazole rings is 1. The van der Waals surface area contributed by atoms with E-state index in [0.717, 1.165) is 12.4 Å². The van der Waals surface area contributed by atoms with Crippen molar-refractivity contribution < 1.29 is 4.79 Å². The molecule has 14 heavy (non-hydrogen) atoms. The maximum atomic E-state index is 11.5. The summed E-state index contributed by atoms with van der Waals surface area (Å²) in [6.45, 7) is 4.71. The highest BCUT2D eigenvalue weighted by Gasteiger charge is 2.09. The van der Waals surface area contributed by atoms with Crippen LogP contribution in [0.25, 0.3) is 0 Å². The summed E-state index contributed by atoms with van der Waals surface area (Å²) in [5, 5.41) is 0. The number of rotatable bonds is 5. The molecule has 0 fully saturated rings. The van der Waals surface area contributed by atoms with E-state index in [1.54, 1.807) is 6.20 Å². The number of nitrogens with two attached hydrogens (primary N) is 1. The van der Waals surface area contributed by atoms with Gasteiger partial charge in [-0.1, -0.05) is 0 Å². The van der Waals surface area contributed by atoms with Crippen molar-refractivity contribution in [2.24, 2.45) is 5.73 Å². The van der Waals surface area contributed by atoms with Gasteiger partial charge >= 0.3 is 0 Å². The predicted molar refractivity (Wildman–Crippen MR) is 54.9 cm³/mol. The molecule has 0 bridgehead atoms. The van der Waals surface area contributed by atoms with E-state index in [1.165, 1.54) is 0 Å². The first kappa shape index (κ1) is 10.9. The monoisotopic (exact) mass is 195 g/mol. The first-order valence-corrected chi connectivity index (χ1v) is 4.90. The Balaban J connectivity index is 2.55. The van der Waals surface area contributed by atoms with Crippen molar-refractivity contribution >= 4 is 5.78 Å². The number of carbonyl (C=O) groups excluding carboxylic acids is 1. The maximum Gasteiger partial charge on any atom is 0.141 e. The maximum absolute atomic E-state index is 11.5. The molecule has 1 heterocycles. The lowest BCUT2D eigenvalue weighted by atomic mass is 10.1. The number of hydrogen-bond acceptors (Lipinski definition) is 3. The van der Waals surface area contributed by atoms with Gasteiger partial charge in [-0.25, -0.2) is 4.98 Å². The highest BCUT2D eigenvalue weighted by molar-refractivity contribution is 5.80. The second-order valence-corrected chi connectivity index (χ2v) is 3.53. The zero-order valence-electron chi connectivity index (χ0n) is 8.73. The molecular formula is C10H17N3O. The summed E-state index contributed by atoms with van der Waals surface area (Å²) in [5.41, 5.74) is 5.54. The molecule has 0 radical (unpaired) electrons. The van der Waals surface area contributed by atoms with E-state index in [2.05, 4.69) is 4.98 Å². The molecule has 0 spiro atoms. The van der Waals surface area contributed by atoms with Gasteiger partial charge in [-0.2, -0.15) is 0 Å². The lowest BCUT2D eigenvalue weighted by Gasteiger charge is -2.05. The molecular weight excluding hydrogens is 178 g/mol. The molecule has 1 aromatic rings. The van der Waals surface area contributed by atoms with Crippen LogP contribution in [-0.4, -0.2) is 21.4 Å². The highest BCUT2D eigenvalue weighted by atomic mass is 16.1. The molecule has 2 N–H and O–H groups in total. The van der Waals surface area contributed by atoms with E-state index >= 15 is 0 Å². The molecule has 1 atom stereocenters. The fourth-order valence-electron chi connectivity index (χ4n) is 1.40. The lowest BCUT2D eigenvalue weighted by Crippen LogP contribution is -2.21. The van der Waals surface area contributed by atoms with E-state index < -0.39 is 0 Å². The zero-order chi connectivity index (χ0) is 10.6. The van der Waals surface area contributed by atoms with E-state index in [4.69, 9.17) is 5.73 Å². The summed E-state index contributed by atoms with van der Waals surface area (Å²) in [6.07, 6.45) is 4.42. The molecule has 1 rings (SSSR count). The fourth-order valence-corrected chi connectivity index (χ4v) is 1.40. The van der Waals surface area contributed by atoms with Crippen molar-refractivity contribution in [3.05, 3.63) is 18.2 Å². The minimum Gasteiger partial charge on any atom is -0.335 e. The largest absolute Gasteiger partial charge is 0.335 e. The van der Waals surface area contributed by atoms with Crippen molar-refractivity contribution in [3.8, 4) is 0 Å². The summed E-state index contributed by atoms with van der Waals surface area (Å²) in [4.78, 5) is 15.6. The van der Waals surface area contributed by atoms with Crippen LogP contribution in [-0.2, 0) is 17.8 Å². The van der Waals surface area contributed by atoms with Crippen LogP contribution in [0.4, 0.5) is 0 Å². The normalized spacial score (nSPS) is 12.8. The Hall–Kier alpha value is -1.16. The molecule has 4 nitrogen and oxygen atoms in total. The average Bonchev–Trinajstić information content (AvgIpc) is 2.50. The molecule has 0 aromatic carbocycles.